The monoisotopic (exact) mass is 285 g/mol. The second kappa shape index (κ2) is 5.86. The molecule has 0 spiro atoms. The summed E-state index contributed by atoms with van der Waals surface area (Å²) >= 11 is 0. The first-order valence-electron chi connectivity index (χ1n) is 7.48. The molecule has 1 aliphatic rings. The molecule has 1 aliphatic heterocycles. The van der Waals surface area contributed by atoms with Crippen molar-refractivity contribution in [3.05, 3.63) is 53.3 Å². The van der Waals surface area contributed by atoms with Crippen molar-refractivity contribution in [1.82, 2.24) is 5.32 Å². The molecular weight excluding hydrogens is 265 g/mol. The van der Waals surface area contributed by atoms with Crippen molar-refractivity contribution in [1.29, 1.82) is 0 Å². The van der Waals surface area contributed by atoms with E-state index in [1.807, 2.05) is 18.2 Å². The van der Waals surface area contributed by atoms with E-state index in [2.05, 4.69) is 25.2 Å². The SMILES string of the molecule is CCNC(C)c1ccc(F)cc1-c1cccc2c1OCC2. The Morgan fingerprint density at radius 1 is 1.24 bits per heavy atom. The predicted octanol–water partition coefficient (Wildman–Crippen LogP) is 4.10. The molecule has 0 amide bonds. The summed E-state index contributed by atoms with van der Waals surface area (Å²) in [5, 5.41) is 3.40. The summed E-state index contributed by atoms with van der Waals surface area (Å²) in [6.07, 6.45) is 0.927. The summed E-state index contributed by atoms with van der Waals surface area (Å²) in [6, 6.07) is 11.3. The molecule has 0 saturated heterocycles. The molecule has 2 nitrogen and oxygen atoms in total. The van der Waals surface area contributed by atoms with Crippen LogP contribution in [0.1, 0.15) is 31.0 Å². The lowest BCUT2D eigenvalue weighted by Crippen LogP contribution is -2.18. The van der Waals surface area contributed by atoms with Crippen molar-refractivity contribution in [2.45, 2.75) is 26.3 Å². The number of halogens is 1. The molecule has 0 aromatic heterocycles. The molecule has 0 fully saturated rings. The fourth-order valence-electron chi connectivity index (χ4n) is 2.98. The molecule has 21 heavy (non-hydrogen) atoms. The molecule has 0 bridgehead atoms. The molecular formula is C18H20FNO. The van der Waals surface area contributed by atoms with Gasteiger partial charge in [-0.3, -0.25) is 0 Å². The topological polar surface area (TPSA) is 21.3 Å². The molecule has 1 atom stereocenters. The van der Waals surface area contributed by atoms with Gasteiger partial charge in [-0.15, -0.1) is 0 Å². The third-order valence-corrected chi connectivity index (χ3v) is 4.00. The van der Waals surface area contributed by atoms with Crippen LogP contribution in [-0.4, -0.2) is 13.2 Å². The van der Waals surface area contributed by atoms with E-state index in [-0.39, 0.29) is 11.9 Å². The van der Waals surface area contributed by atoms with Gasteiger partial charge in [-0.1, -0.05) is 31.2 Å². The average molecular weight is 285 g/mol. The Hall–Kier alpha value is -1.87. The smallest absolute Gasteiger partial charge is 0.130 e. The zero-order chi connectivity index (χ0) is 14.8. The zero-order valence-corrected chi connectivity index (χ0v) is 12.4. The highest BCUT2D eigenvalue weighted by Crippen LogP contribution is 2.39. The molecule has 3 rings (SSSR count). The van der Waals surface area contributed by atoms with Crippen LogP contribution in [0.5, 0.6) is 5.75 Å². The van der Waals surface area contributed by atoms with Crippen molar-refractivity contribution in [2.75, 3.05) is 13.2 Å². The summed E-state index contributed by atoms with van der Waals surface area (Å²) < 4.78 is 19.5. The number of rotatable bonds is 4. The maximum Gasteiger partial charge on any atom is 0.130 e. The van der Waals surface area contributed by atoms with Gasteiger partial charge in [0, 0.05) is 18.0 Å². The first-order chi connectivity index (χ1) is 10.2. The Morgan fingerprint density at radius 3 is 2.90 bits per heavy atom. The lowest BCUT2D eigenvalue weighted by Gasteiger charge is -2.19. The summed E-state index contributed by atoms with van der Waals surface area (Å²) in [7, 11) is 0. The standard InChI is InChI=1S/C18H20FNO/c1-3-20-12(2)15-8-7-14(19)11-17(15)16-6-4-5-13-9-10-21-18(13)16/h4-8,11-12,20H,3,9-10H2,1-2H3. The number of hydrogen-bond donors (Lipinski definition) is 1. The van der Waals surface area contributed by atoms with Crippen LogP contribution in [0.25, 0.3) is 11.1 Å². The molecule has 1 heterocycles. The normalized spacial score (nSPS) is 14.6. The summed E-state index contributed by atoms with van der Waals surface area (Å²) in [5.74, 6) is 0.695. The zero-order valence-electron chi connectivity index (χ0n) is 12.4. The van der Waals surface area contributed by atoms with E-state index in [0.717, 1.165) is 35.4 Å². The Kier molecular flexibility index (Phi) is 3.93. The van der Waals surface area contributed by atoms with Gasteiger partial charge in [0.2, 0.25) is 0 Å². The third-order valence-electron chi connectivity index (χ3n) is 4.00. The molecule has 0 radical (unpaired) electrons. The van der Waals surface area contributed by atoms with Crippen LogP contribution in [-0.2, 0) is 6.42 Å². The lowest BCUT2D eigenvalue weighted by atomic mass is 9.93. The highest BCUT2D eigenvalue weighted by Gasteiger charge is 2.20. The highest BCUT2D eigenvalue weighted by molar-refractivity contribution is 5.76. The van der Waals surface area contributed by atoms with Crippen molar-refractivity contribution >= 4 is 0 Å². The minimum Gasteiger partial charge on any atom is -0.492 e. The predicted molar refractivity (Wildman–Crippen MR) is 83.1 cm³/mol. The van der Waals surface area contributed by atoms with Gasteiger partial charge in [0.1, 0.15) is 11.6 Å². The molecule has 3 heteroatoms. The van der Waals surface area contributed by atoms with E-state index >= 15 is 0 Å². The molecule has 0 saturated carbocycles. The summed E-state index contributed by atoms with van der Waals surface area (Å²) in [5.41, 5.74) is 4.22. The van der Waals surface area contributed by atoms with E-state index in [0.29, 0.717) is 6.61 Å². The maximum atomic E-state index is 13.8. The maximum absolute atomic E-state index is 13.8. The Labute approximate surface area is 125 Å². The van der Waals surface area contributed by atoms with Crippen LogP contribution in [0.4, 0.5) is 4.39 Å². The number of hydrogen-bond acceptors (Lipinski definition) is 2. The minimum absolute atomic E-state index is 0.169. The number of para-hydroxylation sites is 1. The van der Waals surface area contributed by atoms with Crippen LogP contribution >= 0.6 is 0 Å². The van der Waals surface area contributed by atoms with Crippen LogP contribution in [0.2, 0.25) is 0 Å². The van der Waals surface area contributed by atoms with Crippen molar-refractivity contribution in [3.63, 3.8) is 0 Å². The number of ether oxygens (including phenoxy) is 1. The van der Waals surface area contributed by atoms with Gasteiger partial charge in [0.15, 0.2) is 0 Å². The van der Waals surface area contributed by atoms with Gasteiger partial charge in [-0.25, -0.2) is 4.39 Å². The van der Waals surface area contributed by atoms with Crippen LogP contribution in [0.3, 0.4) is 0 Å². The fourth-order valence-corrected chi connectivity index (χ4v) is 2.98. The van der Waals surface area contributed by atoms with Gasteiger partial charge in [0.05, 0.1) is 6.61 Å². The number of benzene rings is 2. The Balaban J connectivity index is 2.14. The highest BCUT2D eigenvalue weighted by atomic mass is 19.1. The minimum atomic E-state index is -0.215. The second-order valence-electron chi connectivity index (χ2n) is 5.40. The molecule has 2 aromatic carbocycles. The van der Waals surface area contributed by atoms with Crippen molar-refractivity contribution in [2.24, 2.45) is 0 Å². The molecule has 1 N–H and O–H groups in total. The van der Waals surface area contributed by atoms with Crippen molar-refractivity contribution < 1.29 is 9.13 Å². The average Bonchev–Trinajstić information content (AvgIpc) is 2.95. The summed E-state index contributed by atoms with van der Waals surface area (Å²) in [6.45, 7) is 5.76. The molecule has 0 aliphatic carbocycles. The van der Waals surface area contributed by atoms with Crippen LogP contribution in [0.15, 0.2) is 36.4 Å². The second-order valence-corrected chi connectivity index (χ2v) is 5.40. The van der Waals surface area contributed by atoms with Crippen molar-refractivity contribution in [3.8, 4) is 16.9 Å². The molecule has 2 aromatic rings. The number of fused-ring (bicyclic) bond motifs is 1. The fraction of sp³-hybridized carbons (Fsp3) is 0.333. The van der Waals surface area contributed by atoms with E-state index in [1.165, 1.54) is 11.6 Å². The van der Waals surface area contributed by atoms with E-state index in [4.69, 9.17) is 4.74 Å². The van der Waals surface area contributed by atoms with Crippen LogP contribution in [0, 0.1) is 5.82 Å². The van der Waals surface area contributed by atoms with E-state index < -0.39 is 0 Å². The lowest BCUT2D eigenvalue weighted by molar-refractivity contribution is 0.358. The van der Waals surface area contributed by atoms with Crippen LogP contribution < -0.4 is 10.1 Å². The molecule has 1 unspecified atom stereocenters. The van der Waals surface area contributed by atoms with Gasteiger partial charge in [-0.05, 0) is 42.3 Å². The first kappa shape index (κ1) is 14.1. The third kappa shape index (κ3) is 2.66. The number of nitrogens with one attached hydrogen (secondary N) is 1. The van der Waals surface area contributed by atoms with Gasteiger partial charge >= 0.3 is 0 Å². The first-order valence-corrected chi connectivity index (χ1v) is 7.48. The van der Waals surface area contributed by atoms with Gasteiger partial charge in [0.25, 0.3) is 0 Å². The quantitative estimate of drug-likeness (QED) is 0.913. The van der Waals surface area contributed by atoms with Gasteiger partial charge < -0.3 is 10.1 Å². The van der Waals surface area contributed by atoms with Gasteiger partial charge in [-0.2, -0.15) is 0 Å². The van der Waals surface area contributed by atoms with E-state index in [1.54, 1.807) is 6.07 Å². The molecule has 110 valence electrons. The Morgan fingerprint density at radius 2 is 2.10 bits per heavy atom. The largest absolute Gasteiger partial charge is 0.492 e. The Bertz CT molecular complexity index is 654. The van der Waals surface area contributed by atoms with E-state index in [9.17, 15) is 4.39 Å². The summed E-state index contributed by atoms with van der Waals surface area (Å²) in [4.78, 5) is 0.